The second kappa shape index (κ2) is 4.63. The minimum atomic E-state index is -2.65. The van der Waals surface area contributed by atoms with Gasteiger partial charge in [-0.2, -0.15) is 13.9 Å². The van der Waals surface area contributed by atoms with Gasteiger partial charge < -0.3 is 5.11 Å². The van der Waals surface area contributed by atoms with Crippen LogP contribution in [0.3, 0.4) is 0 Å². The van der Waals surface area contributed by atoms with Gasteiger partial charge in [-0.1, -0.05) is 24.3 Å². The Morgan fingerprint density at radius 1 is 1.29 bits per heavy atom. The Morgan fingerprint density at radius 2 is 2.00 bits per heavy atom. The molecule has 0 saturated carbocycles. The van der Waals surface area contributed by atoms with Crippen LogP contribution in [0.1, 0.15) is 17.8 Å². The number of aliphatic hydroxyl groups is 1. The molecule has 0 atom stereocenters. The molecule has 0 unspecified atom stereocenters. The van der Waals surface area contributed by atoms with Gasteiger partial charge >= 0.3 is 6.55 Å². The molecular formula is C12H12F2N2O. The van der Waals surface area contributed by atoms with E-state index in [1.165, 1.54) is 6.20 Å². The van der Waals surface area contributed by atoms with Crippen LogP contribution < -0.4 is 0 Å². The standard InChI is InChI=1S/C12H12F2N2O/c1-8-11(6-15-16(8)12(13)14)10-5-3-2-4-9(10)7-17/h2-6,12,17H,7H2,1H3. The van der Waals surface area contributed by atoms with Gasteiger partial charge in [0.15, 0.2) is 0 Å². The van der Waals surface area contributed by atoms with Crippen molar-refractivity contribution in [2.45, 2.75) is 20.1 Å². The van der Waals surface area contributed by atoms with Crippen LogP contribution in [0.4, 0.5) is 8.78 Å². The molecule has 0 radical (unpaired) electrons. The summed E-state index contributed by atoms with van der Waals surface area (Å²) in [6.45, 7) is -1.19. The highest BCUT2D eigenvalue weighted by Gasteiger charge is 2.16. The van der Waals surface area contributed by atoms with E-state index in [9.17, 15) is 13.9 Å². The molecule has 0 aliphatic carbocycles. The fourth-order valence-electron chi connectivity index (χ4n) is 1.81. The van der Waals surface area contributed by atoms with Crippen LogP contribution in [-0.4, -0.2) is 14.9 Å². The molecule has 0 aliphatic rings. The van der Waals surface area contributed by atoms with Crippen molar-refractivity contribution >= 4 is 0 Å². The van der Waals surface area contributed by atoms with E-state index in [0.29, 0.717) is 21.5 Å². The molecule has 2 rings (SSSR count). The highest BCUT2D eigenvalue weighted by molar-refractivity contribution is 5.68. The highest BCUT2D eigenvalue weighted by Crippen LogP contribution is 2.28. The van der Waals surface area contributed by atoms with E-state index in [1.807, 2.05) is 0 Å². The van der Waals surface area contributed by atoms with Crippen molar-refractivity contribution in [3.05, 3.63) is 41.7 Å². The molecule has 1 aromatic carbocycles. The molecule has 0 saturated heterocycles. The van der Waals surface area contributed by atoms with Gasteiger partial charge in [0.05, 0.1) is 12.8 Å². The highest BCUT2D eigenvalue weighted by atomic mass is 19.3. The number of rotatable bonds is 3. The smallest absolute Gasteiger partial charge is 0.333 e. The van der Waals surface area contributed by atoms with Crippen molar-refractivity contribution < 1.29 is 13.9 Å². The molecular weight excluding hydrogens is 226 g/mol. The van der Waals surface area contributed by atoms with E-state index in [1.54, 1.807) is 31.2 Å². The quantitative estimate of drug-likeness (QED) is 0.892. The van der Waals surface area contributed by atoms with Crippen LogP contribution in [0.2, 0.25) is 0 Å². The van der Waals surface area contributed by atoms with Crippen molar-refractivity contribution in [2.24, 2.45) is 0 Å². The molecule has 17 heavy (non-hydrogen) atoms. The Balaban J connectivity index is 2.53. The summed E-state index contributed by atoms with van der Waals surface area (Å²) in [5.41, 5.74) is 2.44. The second-order valence-corrected chi connectivity index (χ2v) is 3.68. The normalized spacial score (nSPS) is 11.1. The maximum absolute atomic E-state index is 12.6. The molecule has 1 heterocycles. The fourth-order valence-corrected chi connectivity index (χ4v) is 1.81. The van der Waals surface area contributed by atoms with Gasteiger partial charge in [0.25, 0.3) is 0 Å². The first-order valence-electron chi connectivity index (χ1n) is 5.16. The maximum atomic E-state index is 12.6. The van der Waals surface area contributed by atoms with E-state index >= 15 is 0 Å². The number of nitrogens with zero attached hydrogens (tertiary/aromatic N) is 2. The van der Waals surface area contributed by atoms with Gasteiger partial charge in [-0.05, 0) is 18.1 Å². The number of halogens is 2. The first-order chi connectivity index (χ1) is 8.15. The van der Waals surface area contributed by atoms with Gasteiger partial charge in [0, 0.05) is 11.3 Å². The third-order valence-electron chi connectivity index (χ3n) is 2.71. The van der Waals surface area contributed by atoms with Crippen molar-refractivity contribution in [2.75, 3.05) is 0 Å². The Labute approximate surface area is 97.3 Å². The molecule has 90 valence electrons. The van der Waals surface area contributed by atoms with Gasteiger partial charge in [0.1, 0.15) is 0 Å². The molecule has 2 aromatic rings. The van der Waals surface area contributed by atoms with E-state index in [4.69, 9.17) is 0 Å². The average Bonchev–Trinajstić information content (AvgIpc) is 2.71. The molecule has 3 nitrogen and oxygen atoms in total. The van der Waals surface area contributed by atoms with E-state index in [0.717, 1.165) is 5.56 Å². The molecule has 1 N–H and O–H groups in total. The molecule has 0 spiro atoms. The first kappa shape index (κ1) is 11.7. The lowest BCUT2D eigenvalue weighted by Gasteiger charge is -2.07. The lowest BCUT2D eigenvalue weighted by molar-refractivity contribution is 0.0545. The largest absolute Gasteiger partial charge is 0.392 e. The van der Waals surface area contributed by atoms with Gasteiger partial charge in [0.2, 0.25) is 0 Å². The average molecular weight is 238 g/mol. The van der Waals surface area contributed by atoms with E-state index in [-0.39, 0.29) is 6.61 Å². The van der Waals surface area contributed by atoms with Crippen molar-refractivity contribution in [3.8, 4) is 11.1 Å². The predicted molar refractivity (Wildman–Crippen MR) is 59.6 cm³/mol. The Kier molecular flexibility index (Phi) is 3.19. The minimum absolute atomic E-state index is 0.129. The Hall–Kier alpha value is -1.75. The van der Waals surface area contributed by atoms with E-state index < -0.39 is 6.55 Å². The summed E-state index contributed by atoms with van der Waals surface area (Å²) in [4.78, 5) is 0. The number of aromatic nitrogens is 2. The summed E-state index contributed by atoms with van der Waals surface area (Å²) in [6.07, 6.45) is 1.40. The molecule has 1 aromatic heterocycles. The van der Waals surface area contributed by atoms with Crippen LogP contribution in [0.5, 0.6) is 0 Å². The number of aliphatic hydroxyl groups excluding tert-OH is 1. The minimum Gasteiger partial charge on any atom is -0.392 e. The Morgan fingerprint density at radius 3 is 2.59 bits per heavy atom. The number of hydrogen-bond donors (Lipinski definition) is 1. The number of hydrogen-bond acceptors (Lipinski definition) is 2. The summed E-state index contributed by atoms with van der Waals surface area (Å²) < 4.78 is 25.9. The zero-order valence-corrected chi connectivity index (χ0v) is 9.27. The van der Waals surface area contributed by atoms with Crippen LogP contribution in [0.15, 0.2) is 30.5 Å². The zero-order chi connectivity index (χ0) is 12.4. The number of benzene rings is 1. The van der Waals surface area contributed by atoms with Gasteiger partial charge in [-0.25, -0.2) is 4.68 Å². The Bertz CT molecular complexity index is 523. The van der Waals surface area contributed by atoms with Crippen molar-refractivity contribution in [3.63, 3.8) is 0 Å². The summed E-state index contributed by atoms with van der Waals surface area (Å²) in [6, 6.07) is 7.13. The third-order valence-corrected chi connectivity index (χ3v) is 2.71. The molecule has 0 amide bonds. The number of alkyl halides is 2. The van der Waals surface area contributed by atoms with Crippen LogP contribution in [0, 0.1) is 6.92 Å². The lowest BCUT2D eigenvalue weighted by atomic mass is 10.0. The third kappa shape index (κ3) is 2.06. The van der Waals surface area contributed by atoms with Crippen LogP contribution in [-0.2, 0) is 6.61 Å². The second-order valence-electron chi connectivity index (χ2n) is 3.68. The molecule has 0 aliphatic heterocycles. The summed E-state index contributed by atoms with van der Waals surface area (Å²) in [5.74, 6) is 0. The maximum Gasteiger partial charge on any atom is 0.333 e. The topological polar surface area (TPSA) is 38.1 Å². The SMILES string of the molecule is Cc1c(-c2ccccc2CO)cnn1C(F)F. The molecule has 0 bridgehead atoms. The van der Waals surface area contributed by atoms with E-state index in [2.05, 4.69) is 5.10 Å². The zero-order valence-electron chi connectivity index (χ0n) is 9.27. The van der Waals surface area contributed by atoms with Crippen LogP contribution in [0.25, 0.3) is 11.1 Å². The first-order valence-corrected chi connectivity index (χ1v) is 5.16. The summed E-state index contributed by atoms with van der Waals surface area (Å²) in [5, 5.41) is 12.9. The monoisotopic (exact) mass is 238 g/mol. The summed E-state index contributed by atoms with van der Waals surface area (Å²) >= 11 is 0. The van der Waals surface area contributed by atoms with Gasteiger partial charge in [-0.15, -0.1) is 0 Å². The fraction of sp³-hybridized carbons (Fsp3) is 0.250. The summed E-state index contributed by atoms with van der Waals surface area (Å²) in [7, 11) is 0. The van der Waals surface area contributed by atoms with Gasteiger partial charge in [-0.3, -0.25) is 0 Å². The lowest BCUT2D eigenvalue weighted by Crippen LogP contribution is -2.02. The molecule has 5 heteroatoms. The van der Waals surface area contributed by atoms with Crippen molar-refractivity contribution in [1.82, 2.24) is 9.78 Å². The molecule has 0 fully saturated rings. The predicted octanol–water partition coefficient (Wildman–Crippen LogP) is 2.75. The van der Waals surface area contributed by atoms with Crippen LogP contribution >= 0.6 is 0 Å². The van der Waals surface area contributed by atoms with Crippen molar-refractivity contribution in [1.29, 1.82) is 0 Å².